The van der Waals surface area contributed by atoms with Crippen LogP contribution >= 0.6 is 11.6 Å². The molecular formula is C14H16ClNO2. The minimum atomic E-state index is -0.265. The molecule has 18 heavy (non-hydrogen) atoms. The van der Waals surface area contributed by atoms with Gasteiger partial charge in [0.15, 0.2) is 0 Å². The fourth-order valence-corrected chi connectivity index (χ4v) is 2.33. The SMILES string of the molecule is COC(=O)C1=CCCC[C@@H]1Nc1ccccc1Cl. The number of para-hydroxylation sites is 1. The summed E-state index contributed by atoms with van der Waals surface area (Å²) in [5, 5.41) is 3.97. The van der Waals surface area contributed by atoms with E-state index < -0.39 is 0 Å². The number of nitrogens with one attached hydrogen (secondary N) is 1. The van der Waals surface area contributed by atoms with E-state index in [2.05, 4.69) is 5.32 Å². The highest BCUT2D eigenvalue weighted by molar-refractivity contribution is 6.33. The summed E-state index contributed by atoms with van der Waals surface area (Å²) in [5.74, 6) is -0.265. The average Bonchev–Trinajstić information content (AvgIpc) is 2.41. The van der Waals surface area contributed by atoms with E-state index in [0.717, 1.165) is 24.9 Å². The highest BCUT2D eigenvalue weighted by Crippen LogP contribution is 2.27. The van der Waals surface area contributed by atoms with Crippen molar-refractivity contribution in [2.45, 2.75) is 25.3 Å². The molecule has 0 amide bonds. The molecule has 0 saturated carbocycles. The van der Waals surface area contributed by atoms with Gasteiger partial charge < -0.3 is 10.1 Å². The predicted octanol–water partition coefficient (Wildman–Crippen LogP) is 3.40. The molecule has 4 heteroatoms. The Bertz CT molecular complexity index is 471. The van der Waals surface area contributed by atoms with Crippen molar-refractivity contribution in [2.24, 2.45) is 0 Å². The minimum Gasteiger partial charge on any atom is -0.466 e. The Morgan fingerprint density at radius 3 is 2.94 bits per heavy atom. The van der Waals surface area contributed by atoms with Crippen molar-refractivity contribution in [3.8, 4) is 0 Å². The lowest BCUT2D eigenvalue weighted by molar-refractivity contribution is -0.136. The van der Waals surface area contributed by atoms with Crippen LogP contribution in [0, 0.1) is 0 Å². The smallest absolute Gasteiger partial charge is 0.335 e. The number of benzene rings is 1. The van der Waals surface area contributed by atoms with Crippen LogP contribution in [0.15, 0.2) is 35.9 Å². The monoisotopic (exact) mass is 265 g/mol. The van der Waals surface area contributed by atoms with Gasteiger partial charge in [0.25, 0.3) is 0 Å². The number of halogens is 1. The van der Waals surface area contributed by atoms with Crippen LogP contribution in [0.2, 0.25) is 5.02 Å². The summed E-state index contributed by atoms with van der Waals surface area (Å²) in [7, 11) is 1.41. The molecular weight excluding hydrogens is 250 g/mol. The number of rotatable bonds is 3. The zero-order valence-electron chi connectivity index (χ0n) is 10.3. The van der Waals surface area contributed by atoms with Gasteiger partial charge in [-0.05, 0) is 31.4 Å². The van der Waals surface area contributed by atoms with Crippen LogP contribution in [-0.2, 0) is 9.53 Å². The number of hydrogen-bond acceptors (Lipinski definition) is 3. The normalized spacial score (nSPS) is 19.0. The fraction of sp³-hybridized carbons (Fsp3) is 0.357. The quantitative estimate of drug-likeness (QED) is 0.852. The third-order valence-electron chi connectivity index (χ3n) is 3.06. The topological polar surface area (TPSA) is 38.3 Å². The summed E-state index contributed by atoms with van der Waals surface area (Å²) in [6.45, 7) is 0. The summed E-state index contributed by atoms with van der Waals surface area (Å²) in [4.78, 5) is 11.7. The summed E-state index contributed by atoms with van der Waals surface area (Å²) in [5.41, 5.74) is 1.55. The highest BCUT2D eigenvalue weighted by Gasteiger charge is 2.24. The van der Waals surface area contributed by atoms with Crippen LogP contribution in [0.4, 0.5) is 5.69 Å². The minimum absolute atomic E-state index is 0.0221. The summed E-state index contributed by atoms with van der Waals surface area (Å²) in [6, 6.07) is 7.51. The van der Waals surface area contributed by atoms with E-state index >= 15 is 0 Å². The van der Waals surface area contributed by atoms with Crippen LogP contribution < -0.4 is 5.32 Å². The maximum absolute atomic E-state index is 11.7. The summed E-state index contributed by atoms with van der Waals surface area (Å²) in [6.07, 6.45) is 4.84. The van der Waals surface area contributed by atoms with Gasteiger partial charge in [0.2, 0.25) is 0 Å². The van der Waals surface area contributed by atoms with Gasteiger partial charge in [0.1, 0.15) is 0 Å². The van der Waals surface area contributed by atoms with Crippen molar-refractivity contribution in [1.29, 1.82) is 0 Å². The zero-order valence-corrected chi connectivity index (χ0v) is 11.0. The van der Waals surface area contributed by atoms with E-state index in [1.165, 1.54) is 7.11 Å². The molecule has 1 aliphatic rings. The number of anilines is 1. The van der Waals surface area contributed by atoms with Gasteiger partial charge in [0, 0.05) is 0 Å². The van der Waals surface area contributed by atoms with Gasteiger partial charge in [-0.15, -0.1) is 0 Å². The van der Waals surface area contributed by atoms with E-state index in [-0.39, 0.29) is 12.0 Å². The van der Waals surface area contributed by atoms with Crippen molar-refractivity contribution in [2.75, 3.05) is 12.4 Å². The Morgan fingerprint density at radius 1 is 1.44 bits per heavy atom. The van der Waals surface area contributed by atoms with Crippen molar-refractivity contribution in [3.63, 3.8) is 0 Å². The van der Waals surface area contributed by atoms with Crippen LogP contribution in [0.25, 0.3) is 0 Å². The molecule has 1 N–H and O–H groups in total. The molecule has 1 aromatic rings. The van der Waals surface area contributed by atoms with Gasteiger partial charge in [-0.1, -0.05) is 29.8 Å². The molecule has 0 heterocycles. The van der Waals surface area contributed by atoms with E-state index in [9.17, 15) is 4.79 Å². The lowest BCUT2D eigenvalue weighted by Crippen LogP contribution is -2.29. The molecule has 96 valence electrons. The first kappa shape index (κ1) is 13.0. The molecule has 0 aromatic heterocycles. The second kappa shape index (κ2) is 5.91. The van der Waals surface area contributed by atoms with Crippen LogP contribution in [0.5, 0.6) is 0 Å². The van der Waals surface area contributed by atoms with Gasteiger partial charge in [-0.3, -0.25) is 0 Å². The second-order valence-electron chi connectivity index (χ2n) is 4.26. The average molecular weight is 266 g/mol. The molecule has 0 radical (unpaired) electrons. The Labute approximate surface area is 112 Å². The number of esters is 1. The van der Waals surface area contributed by atoms with Gasteiger partial charge in [-0.2, -0.15) is 0 Å². The first-order valence-electron chi connectivity index (χ1n) is 6.02. The van der Waals surface area contributed by atoms with Crippen LogP contribution in [0.1, 0.15) is 19.3 Å². The van der Waals surface area contributed by atoms with Gasteiger partial charge >= 0.3 is 5.97 Å². The van der Waals surface area contributed by atoms with Gasteiger partial charge in [-0.25, -0.2) is 4.79 Å². The molecule has 0 unspecified atom stereocenters. The highest BCUT2D eigenvalue weighted by atomic mass is 35.5. The first-order valence-corrected chi connectivity index (χ1v) is 6.39. The molecule has 3 nitrogen and oxygen atoms in total. The number of ether oxygens (including phenoxy) is 1. The molecule has 0 fully saturated rings. The fourth-order valence-electron chi connectivity index (χ4n) is 2.14. The predicted molar refractivity (Wildman–Crippen MR) is 72.8 cm³/mol. The molecule has 0 aliphatic heterocycles. The Balaban J connectivity index is 2.17. The number of methoxy groups -OCH3 is 1. The van der Waals surface area contributed by atoms with Gasteiger partial charge in [0.05, 0.1) is 29.4 Å². The number of carbonyl (C=O) groups excluding carboxylic acids is 1. The van der Waals surface area contributed by atoms with E-state index in [1.54, 1.807) is 0 Å². The van der Waals surface area contributed by atoms with Crippen molar-refractivity contribution in [1.82, 2.24) is 0 Å². The number of hydrogen-bond donors (Lipinski definition) is 1. The standard InChI is InChI=1S/C14H16ClNO2/c1-18-14(17)10-6-2-4-8-12(10)16-13-9-5-3-7-11(13)15/h3,5-7,9,12,16H,2,4,8H2,1H3/t12-/m0/s1. The molecule has 0 bridgehead atoms. The summed E-state index contributed by atoms with van der Waals surface area (Å²) >= 11 is 6.11. The molecule has 1 atom stereocenters. The first-order chi connectivity index (χ1) is 8.72. The van der Waals surface area contributed by atoms with Crippen molar-refractivity contribution < 1.29 is 9.53 Å². The molecule has 1 aromatic carbocycles. The molecule has 0 spiro atoms. The van der Waals surface area contributed by atoms with Crippen LogP contribution in [-0.4, -0.2) is 19.1 Å². The second-order valence-corrected chi connectivity index (χ2v) is 4.67. The maximum atomic E-state index is 11.7. The summed E-state index contributed by atoms with van der Waals surface area (Å²) < 4.78 is 4.81. The maximum Gasteiger partial charge on any atom is 0.335 e. The lowest BCUT2D eigenvalue weighted by Gasteiger charge is -2.25. The van der Waals surface area contributed by atoms with Crippen molar-refractivity contribution in [3.05, 3.63) is 40.9 Å². The Kier molecular flexibility index (Phi) is 4.26. The molecule has 1 aliphatic carbocycles. The Morgan fingerprint density at radius 2 is 2.22 bits per heavy atom. The Hall–Kier alpha value is -1.48. The lowest BCUT2D eigenvalue weighted by atomic mass is 9.94. The van der Waals surface area contributed by atoms with E-state index in [1.807, 2.05) is 30.3 Å². The third kappa shape index (κ3) is 2.85. The molecule has 0 saturated heterocycles. The number of allylic oxidation sites excluding steroid dienone is 1. The molecule has 2 rings (SSSR count). The largest absolute Gasteiger partial charge is 0.466 e. The third-order valence-corrected chi connectivity index (χ3v) is 3.39. The van der Waals surface area contributed by atoms with Crippen LogP contribution in [0.3, 0.4) is 0 Å². The van der Waals surface area contributed by atoms with Crippen molar-refractivity contribution >= 4 is 23.3 Å². The van der Waals surface area contributed by atoms with E-state index in [4.69, 9.17) is 16.3 Å². The number of carbonyl (C=O) groups is 1. The van der Waals surface area contributed by atoms with E-state index in [0.29, 0.717) is 10.6 Å². The zero-order chi connectivity index (χ0) is 13.0.